The van der Waals surface area contributed by atoms with E-state index in [1.54, 1.807) is 0 Å². The first-order valence-corrected chi connectivity index (χ1v) is 9.09. The van der Waals surface area contributed by atoms with Gasteiger partial charge in [-0.2, -0.15) is 0 Å². The second-order valence-electron chi connectivity index (χ2n) is 5.84. The molecule has 0 amide bonds. The first-order valence-electron chi connectivity index (χ1n) is 7.29. The van der Waals surface area contributed by atoms with Crippen LogP contribution in [0.25, 0.3) is 0 Å². The summed E-state index contributed by atoms with van der Waals surface area (Å²) in [6, 6.07) is 0. The molecule has 4 nitrogen and oxygen atoms in total. The molecule has 0 aromatic rings. The van der Waals surface area contributed by atoms with Gasteiger partial charge in [-0.05, 0) is 53.4 Å². The van der Waals surface area contributed by atoms with Crippen LogP contribution < -0.4 is 0 Å². The Morgan fingerprint density at radius 1 is 1.00 bits per heavy atom. The molecule has 21 heavy (non-hydrogen) atoms. The fraction of sp³-hybridized carbons (Fsp3) is 0.625. The SMILES string of the molecule is CC(C)=CCC/C(C)=C/CC/C(C)=C/C(O)CP(=O)(O)O. The molecule has 0 bridgehead atoms. The lowest BCUT2D eigenvalue weighted by molar-refractivity contribution is 0.233. The quantitative estimate of drug-likeness (QED) is 0.445. The fourth-order valence-electron chi connectivity index (χ4n) is 1.94. The molecule has 0 aliphatic rings. The number of hydrogen-bond acceptors (Lipinski definition) is 2. The zero-order valence-corrected chi connectivity index (χ0v) is 14.4. The van der Waals surface area contributed by atoms with Crippen molar-refractivity contribution >= 4 is 7.60 Å². The minimum atomic E-state index is -4.15. The van der Waals surface area contributed by atoms with Crippen molar-refractivity contribution in [3.05, 3.63) is 34.9 Å². The molecule has 0 aliphatic heterocycles. The van der Waals surface area contributed by atoms with E-state index in [-0.39, 0.29) is 0 Å². The maximum Gasteiger partial charge on any atom is 0.328 e. The number of aliphatic hydroxyl groups is 1. The van der Waals surface area contributed by atoms with Gasteiger partial charge in [0.1, 0.15) is 0 Å². The van der Waals surface area contributed by atoms with Crippen molar-refractivity contribution in [1.82, 2.24) is 0 Å². The predicted octanol–water partition coefficient (Wildman–Crippen LogP) is 3.94. The molecule has 0 saturated carbocycles. The summed E-state index contributed by atoms with van der Waals surface area (Å²) in [5.74, 6) is 0. The Morgan fingerprint density at radius 3 is 2.05 bits per heavy atom. The summed E-state index contributed by atoms with van der Waals surface area (Å²) < 4.78 is 10.8. The van der Waals surface area contributed by atoms with Gasteiger partial charge in [0.2, 0.25) is 0 Å². The Bertz CT molecular complexity index is 439. The van der Waals surface area contributed by atoms with Crippen molar-refractivity contribution < 1.29 is 19.5 Å². The van der Waals surface area contributed by atoms with Crippen molar-refractivity contribution in [2.75, 3.05) is 6.16 Å². The summed E-state index contributed by atoms with van der Waals surface area (Å²) >= 11 is 0. The highest BCUT2D eigenvalue weighted by molar-refractivity contribution is 7.51. The maximum atomic E-state index is 10.8. The smallest absolute Gasteiger partial charge is 0.328 e. The van der Waals surface area contributed by atoms with Crippen LogP contribution in [0.2, 0.25) is 0 Å². The highest BCUT2D eigenvalue weighted by Crippen LogP contribution is 2.35. The van der Waals surface area contributed by atoms with Crippen LogP contribution in [0.3, 0.4) is 0 Å². The molecule has 1 atom stereocenters. The summed E-state index contributed by atoms with van der Waals surface area (Å²) in [5, 5.41) is 9.54. The van der Waals surface area contributed by atoms with E-state index in [0.717, 1.165) is 31.3 Å². The van der Waals surface area contributed by atoms with Gasteiger partial charge in [0, 0.05) is 0 Å². The third-order valence-corrected chi connectivity index (χ3v) is 3.87. The summed E-state index contributed by atoms with van der Waals surface area (Å²) in [4.78, 5) is 17.6. The first-order chi connectivity index (χ1) is 9.60. The minimum absolute atomic E-state index is 0.512. The molecule has 0 radical (unpaired) electrons. The zero-order chi connectivity index (χ0) is 16.5. The highest BCUT2D eigenvalue weighted by atomic mass is 31.2. The van der Waals surface area contributed by atoms with Crippen LogP contribution in [0.5, 0.6) is 0 Å². The van der Waals surface area contributed by atoms with Gasteiger partial charge >= 0.3 is 7.60 Å². The molecule has 5 heteroatoms. The monoisotopic (exact) mass is 316 g/mol. The summed E-state index contributed by atoms with van der Waals surface area (Å²) in [5.41, 5.74) is 3.63. The average Bonchev–Trinajstić information content (AvgIpc) is 2.25. The van der Waals surface area contributed by atoms with Crippen LogP contribution in [0, 0.1) is 0 Å². The molecule has 0 aliphatic carbocycles. The molecule has 1 unspecified atom stereocenters. The number of hydrogen-bond donors (Lipinski definition) is 3. The maximum absolute atomic E-state index is 10.8. The molecule has 0 rings (SSSR count). The second-order valence-corrected chi connectivity index (χ2v) is 7.53. The van der Waals surface area contributed by atoms with Crippen LogP contribution in [-0.2, 0) is 4.57 Å². The summed E-state index contributed by atoms with van der Waals surface area (Å²) in [7, 11) is -4.15. The van der Waals surface area contributed by atoms with E-state index in [2.05, 4.69) is 32.9 Å². The Morgan fingerprint density at radius 2 is 1.52 bits per heavy atom. The number of rotatable bonds is 9. The van der Waals surface area contributed by atoms with Gasteiger partial charge in [-0.1, -0.05) is 34.9 Å². The van der Waals surface area contributed by atoms with Crippen molar-refractivity contribution in [1.29, 1.82) is 0 Å². The molecule has 0 aromatic heterocycles. The molecule has 0 saturated heterocycles. The van der Waals surface area contributed by atoms with E-state index in [1.165, 1.54) is 17.2 Å². The van der Waals surface area contributed by atoms with Crippen molar-refractivity contribution in [2.24, 2.45) is 0 Å². The third kappa shape index (κ3) is 14.0. The standard InChI is InChI=1S/C16H29O4P/c1-13(2)7-5-8-14(3)9-6-10-15(4)11-16(17)12-21(18,19)20/h7,9,11,16-17H,5-6,8,10,12H2,1-4H3,(H2,18,19,20)/b14-9+,15-11+. The van der Waals surface area contributed by atoms with Gasteiger partial charge in [-0.3, -0.25) is 4.57 Å². The van der Waals surface area contributed by atoms with E-state index in [4.69, 9.17) is 9.79 Å². The fourth-order valence-corrected chi connectivity index (χ4v) is 2.54. The van der Waals surface area contributed by atoms with Crippen LogP contribution in [-0.4, -0.2) is 27.2 Å². The van der Waals surface area contributed by atoms with Crippen molar-refractivity contribution in [3.63, 3.8) is 0 Å². The molecule has 0 spiro atoms. The lowest BCUT2D eigenvalue weighted by Crippen LogP contribution is -2.09. The first kappa shape index (κ1) is 20.3. The van der Waals surface area contributed by atoms with Crippen LogP contribution in [0.15, 0.2) is 34.9 Å². The van der Waals surface area contributed by atoms with Crippen LogP contribution >= 0.6 is 7.60 Å². The lowest BCUT2D eigenvalue weighted by Gasteiger charge is -2.09. The zero-order valence-electron chi connectivity index (χ0n) is 13.5. The average molecular weight is 316 g/mol. The molecular formula is C16H29O4P. The normalized spacial score (nSPS) is 15.0. The van der Waals surface area contributed by atoms with E-state index >= 15 is 0 Å². The van der Waals surface area contributed by atoms with E-state index in [0.29, 0.717) is 0 Å². The van der Waals surface area contributed by atoms with Crippen molar-refractivity contribution in [3.8, 4) is 0 Å². The van der Waals surface area contributed by atoms with Crippen LogP contribution in [0.1, 0.15) is 53.4 Å². The number of aliphatic hydroxyl groups excluding tert-OH is 1. The molecule has 0 fully saturated rings. The minimum Gasteiger partial charge on any atom is -0.388 e. The van der Waals surface area contributed by atoms with Gasteiger partial charge in [-0.15, -0.1) is 0 Å². The predicted molar refractivity (Wildman–Crippen MR) is 88.3 cm³/mol. The van der Waals surface area contributed by atoms with E-state index < -0.39 is 19.9 Å². The van der Waals surface area contributed by atoms with Crippen LogP contribution in [0.4, 0.5) is 0 Å². The summed E-state index contributed by atoms with van der Waals surface area (Å²) in [6.45, 7) is 8.17. The Hall–Kier alpha value is -0.670. The summed E-state index contributed by atoms with van der Waals surface area (Å²) in [6.07, 6.45) is 8.13. The second kappa shape index (κ2) is 10.1. The van der Waals surface area contributed by atoms with E-state index in [1.807, 2.05) is 6.92 Å². The van der Waals surface area contributed by atoms with E-state index in [9.17, 15) is 9.67 Å². The topological polar surface area (TPSA) is 77.8 Å². The Balaban J connectivity index is 4.15. The van der Waals surface area contributed by atoms with Gasteiger partial charge < -0.3 is 14.9 Å². The lowest BCUT2D eigenvalue weighted by atomic mass is 10.1. The molecular weight excluding hydrogens is 287 g/mol. The van der Waals surface area contributed by atoms with Gasteiger partial charge in [0.05, 0.1) is 12.3 Å². The number of allylic oxidation sites excluding steroid dienone is 5. The Kier molecular flexibility index (Phi) is 9.80. The van der Waals surface area contributed by atoms with Gasteiger partial charge in [0.15, 0.2) is 0 Å². The molecule has 0 aromatic carbocycles. The van der Waals surface area contributed by atoms with Crippen molar-refractivity contribution in [2.45, 2.75) is 59.5 Å². The largest absolute Gasteiger partial charge is 0.388 e. The molecule has 0 heterocycles. The highest BCUT2D eigenvalue weighted by Gasteiger charge is 2.17. The Labute approximate surface area is 128 Å². The van der Waals surface area contributed by atoms with Gasteiger partial charge in [0.25, 0.3) is 0 Å². The third-order valence-electron chi connectivity index (χ3n) is 3.02. The molecule has 3 N–H and O–H groups in total. The molecule has 122 valence electrons. The van der Waals surface area contributed by atoms with Gasteiger partial charge in [-0.25, -0.2) is 0 Å².